The number of methoxy groups -OCH3 is 1. The van der Waals surface area contributed by atoms with Gasteiger partial charge >= 0.3 is 0 Å². The molecule has 0 bridgehead atoms. The van der Waals surface area contributed by atoms with Crippen molar-refractivity contribution in [1.82, 2.24) is 9.88 Å². The van der Waals surface area contributed by atoms with E-state index < -0.39 is 0 Å². The summed E-state index contributed by atoms with van der Waals surface area (Å²) in [5, 5.41) is 8.45. The Bertz CT molecular complexity index is 925. The fourth-order valence-corrected chi connectivity index (χ4v) is 4.10. The SMILES string of the molecule is CON=C1CCN(Cc2cc(OC)c3c4c(c(=O)[nH]c3c2)CCCN4)CC1. The molecule has 2 aliphatic rings. The standard InChI is InChI=1S/C20H26N4O3/c1-26-17-11-13(12-24-8-5-14(6-9-24)23-27-2)10-16-18(17)19-15(20(25)22-16)4-3-7-21-19/h10-11,21H,3-9,12H2,1-2H3,(H,22,25). The molecule has 0 saturated carbocycles. The lowest BCUT2D eigenvalue weighted by molar-refractivity contribution is 0.204. The zero-order chi connectivity index (χ0) is 18.8. The fraction of sp³-hybridized carbons (Fsp3) is 0.500. The van der Waals surface area contributed by atoms with Crippen LogP contribution in [0, 0.1) is 0 Å². The van der Waals surface area contributed by atoms with E-state index in [1.807, 2.05) is 0 Å². The summed E-state index contributed by atoms with van der Waals surface area (Å²) in [4.78, 5) is 22.8. The maximum atomic E-state index is 12.5. The summed E-state index contributed by atoms with van der Waals surface area (Å²) in [6, 6.07) is 4.17. The van der Waals surface area contributed by atoms with Gasteiger partial charge < -0.3 is 19.9 Å². The number of benzene rings is 1. The van der Waals surface area contributed by atoms with Gasteiger partial charge in [-0.25, -0.2) is 0 Å². The molecule has 2 N–H and O–H groups in total. The molecule has 0 amide bonds. The molecule has 3 heterocycles. The van der Waals surface area contributed by atoms with Gasteiger partial charge in [-0.1, -0.05) is 5.16 Å². The van der Waals surface area contributed by atoms with E-state index in [4.69, 9.17) is 9.57 Å². The summed E-state index contributed by atoms with van der Waals surface area (Å²) < 4.78 is 5.70. The Balaban J connectivity index is 1.65. The number of oxime groups is 1. The van der Waals surface area contributed by atoms with E-state index in [9.17, 15) is 4.79 Å². The van der Waals surface area contributed by atoms with E-state index in [1.165, 1.54) is 0 Å². The number of piperidine rings is 1. The first kappa shape index (κ1) is 17.9. The molecule has 27 heavy (non-hydrogen) atoms. The Morgan fingerprint density at radius 1 is 1.19 bits per heavy atom. The van der Waals surface area contributed by atoms with Crippen LogP contribution in [-0.4, -0.2) is 49.4 Å². The molecule has 1 fully saturated rings. The maximum Gasteiger partial charge on any atom is 0.253 e. The molecule has 1 saturated heterocycles. The van der Waals surface area contributed by atoms with Gasteiger partial charge in [-0.05, 0) is 30.5 Å². The number of ether oxygens (including phenoxy) is 1. The molecule has 144 valence electrons. The number of nitrogens with one attached hydrogen (secondary N) is 2. The number of hydrogen-bond donors (Lipinski definition) is 2. The number of fused-ring (bicyclic) bond motifs is 3. The third-order valence-corrected chi connectivity index (χ3v) is 5.42. The smallest absolute Gasteiger partial charge is 0.253 e. The molecule has 0 radical (unpaired) electrons. The first-order valence-electron chi connectivity index (χ1n) is 9.50. The Hall–Kier alpha value is -2.54. The summed E-state index contributed by atoms with van der Waals surface area (Å²) in [7, 11) is 3.28. The van der Waals surface area contributed by atoms with Crippen LogP contribution < -0.4 is 15.6 Å². The van der Waals surface area contributed by atoms with Gasteiger partial charge in [-0.15, -0.1) is 0 Å². The van der Waals surface area contributed by atoms with Gasteiger partial charge in [0.05, 0.1) is 29.4 Å². The molecule has 1 aromatic carbocycles. The fourth-order valence-electron chi connectivity index (χ4n) is 4.10. The molecule has 2 aliphatic heterocycles. The molecule has 7 nitrogen and oxygen atoms in total. The molecule has 7 heteroatoms. The third-order valence-electron chi connectivity index (χ3n) is 5.42. The van der Waals surface area contributed by atoms with Crippen LogP contribution in [0.25, 0.3) is 10.9 Å². The number of anilines is 1. The first-order chi connectivity index (χ1) is 13.2. The number of likely N-dealkylation sites (tertiary alicyclic amines) is 1. The van der Waals surface area contributed by atoms with Crippen LogP contribution in [0.4, 0.5) is 5.69 Å². The average Bonchev–Trinajstić information content (AvgIpc) is 2.69. The molecule has 0 unspecified atom stereocenters. The average molecular weight is 370 g/mol. The first-order valence-corrected chi connectivity index (χ1v) is 9.50. The number of nitrogens with zero attached hydrogens (tertiary/aromatic N) is 2. The second-order valence-corrected chi connectivity index (χ2v) is 7.17. The summed E-state index contributed by atoms with van der Waals surface area (Å²) >= 11 is 0. The normalized spacial score (nSPS) is 17.3. The largest absolute Gasteiger partial charge is 0.496 e. The summed E-state index contributed by atoms with van der Waals surface area (Å²) in [5.41, 5.74) is 4.86. The molecular formula is C20H26N4O3. The minimum absolute atomic E-state index is 0.00212. The number of aromatic amines is 1. The van der Waals surface area contributed by atoms with Crippen LogP contribution in [-0.2, 0) is 17.8 Å². The van der Waals surface area contributed by atoms with Crippen molar-refractivity contribution in [2.45, 2.75) is 32.2 Å². The zero-order valence-electron chi connectivity index (χ0n) is 15.9. The monoisotopic (exact) mass is 370 g/mol. The van der Waals surface area contributed by atoms with E-state index in [0.717, 1.165) is 91.0 Å². The van der Waals surface area contributed by atoms with Crippen LogP contribution in [0.15, 0.2) is 22.1 Å². The Morgan fingerprint density at radius 2 is 2.00 bits per heavy atom. The number of H-pyrrole nitrogens is 1. The molecular weight excluding hydrogens is 344 g/mol. The number of hydrogen-bond acceptors (Lipinski definition) is 6. The van der Waals surface area contributed by atoms with Gasteiger partial charge in [0.15, 0.2) is 0 Å². The molecule has 0 atom stereocenters. The third kappa shape index (κ3) is 3.51. The van der Waals surface area contributed by atoms with Crippen molar-refractivity contribution in [1.29, 1.82) is 0 Å². The lowest BCUT2D eigenvalue weighted by Crippen LogP contribution is -2.33. The van der Waals surface area contributed by atoms with Gasteiger partial charge in [0.2, 0.25) is 0 Å². The minimum Gasteiger partial charge on any atom is -0.496 e. The zero-order valence-corrected chi connectivity index (χ0v) is 15.9. The lowest BCUT2D eigenvalue weighted by Gasteiger charge is -2.27. The predicted molar refractivity (Wildman–Crippen MR) is 107 cm³/mol. The maximum absolute atomic E-state index is 12.5. The lowest BCUT2D eigenvalue weighted by atomic mass is 9.99. The van der Waals surface area contributed by atoms with Crippen LogP contribution in [0.5, 0.6) is 5.75 Å². The molecule has 1 aromatic heterocycles. The van der Waals surface area contributed by atoms with Gasteiger partial charge in [0, 0.05) is 44.6 Å². The molecule has 0 aliphatic carbocycles. The summed E-state index contributed by atoms with van der Waals surface area (Å²) in [6.07, 6.45) is 3.63. The van der Waals surface area contributed by atoms with Crippen molar-refractivity contribution >= 4 is 22.3 Å². The van der Waals surface area contributed by atoms with Crippen LogP contribution in [0.1, 0.15) is 30.4 Å². The molecule has 0 spiro atoms. The van der Waals surface area contributed by atoms with Crippen molar-refractivity contribution in [2.75, 3.05) is 39.2 Å². The highest BCUT2D eigenvalue weighted by atomic mass is 16.6. The van der Waals surface area contributed by atoms with E-state index in [0.29, 0.717) is 0 Å². The van der Waals surface area contributed by atoms with Crippen molar-refractivity contribution < 1.29 is 9.57 Å². The van der Waals surface area contributed by atoms with Crippen LogP contribution >= 0.6 is 0 Å². The van der Waals surface area contributed by atoms with Crippen molar-refractivity contribution in [2.24, 2.45) is 5.16 Å². The van der Waals surface area contributed by atoms with E-state index >= 15 is 0 Å². The minimum atomic E-state index is 0.00212. The molecule has 4 rings (SSSR count). The Morgan fingerprint density at radius 3 is 2.74 bits per heavy atom. The topological polar surface area (TPSA) is 79.0 Å². The van der Waals surface area contributed by atoms with Crippen molar-refractivity contribution in [3.8, 4) is 5.75 Å². The molecule has 2 aromatic rings. The van der Waals surface area contributed by atoms with Crippen molar-refractivity contribution in [3.63, 3.8) is 0 Å². The Kier molecular flexibility index (Phi) is 5.03. The van der Waals surface area contributed by atoms with Crippen LogP contribution in [0.3, 0.4) is 0 Å². The second-order valence-electron chi connectivity index (χ2n) is 7.17. The van der Waals surface area contributed by atoms with Gasteiger partial charge in [0.1, 0.15) is 12.9 Å². The predicted octanol–water partition coefficient (Wildman–Crippen LogP) is 2.49. The van der Waals surface area contributed by atoms with E-state index in [1.54, 1.807) is 14.2 Å². The van der Waals surface area contributed by atoms with Crippen LogP contribution in [0.2, 0.25) is 0 Å². The van der Waals surface area contributed by atoms with E-state index in [2.05, 4.69) is 32.5 Å². The number of rotatable bonds is 4. The highest BCUT2D eigenvalue weighted by Crippen LogP contribution is 2.35. The number of pyridine rings is 1. The Labute approximate surface area is 158 Å². The highest BCUT2D eigenvalue weighted by Gasteiger charge is 2.21. The van der Waals surface area contributed by atoms with E-state index in [-0.39, 0.29) is 5.56 Å². The summed E-state index contributed by atoms with van der Waals surface area (Å²) in [6.45, 7) is 3.60. The van der Waals surface area contributed by atoms with Gasteiger partial charge in [0.25, 0.3) is 5.56 Å². The highest BCUT2D eigenvalue weighted by molar-refractivity contribution is 5.98. The van der Waals surface area contributed by atoms with Crippen molar-refractivity contribution in [3.05, 3.63) is 33.6 Å². The second kappa shape index (κ2) is 7.60. The van der Waals surface area contributed by atoms with Gasteiger partial charge in [-0.3, -0.25) is 9.69 Å². The quantitative estimate of drug-likeness (QED) is 0.809. The number of aromatic nitrogens is 1. The summed E-state index contributed by atoms with van der Waals surface area (Å²) in [5.74, 6) is 0.808. The van der Waals surface area contributed by atoms with Gasteiger partial charge in [-0.2, -0.15) is 0 Å².